The van der Waals surface area contributed by atoms with Gasteiger partial charge in [-0.15, -0.1) is 0 Å². The molecule has 0 saturated heterocycles. The number of rotatable bonds is 3. The molecule has 2 heteroatoms. The molecule has 0 bridgehead atoms. The van der Waals surface area contributed by atoms with E-state index in [-0.39, 0.29) is 0 Å². The van der Waals surface area contributed by atoms with Gasteiger partial charge in [0.15, 0.2) is 0 Å². The van der Waals surface area contributed by atoms with Gasteiger partial charge in [-0.2, -0.15) is 0 Å². The second-order valence-electron chi connectivity index (χ2n) is 4.85. The van der Waals surface area contributed by atoms with Crippen LogP contribution < -0.4 is 10.6 Å². The smallest absolute Gasteiger partial charge is 0.0361 e. The van der Waals surface area contributed by atoms with Crippen molar-refractivity contribution < 1.29 is 0 Å². The molecule has 2 nitrogen and oxygen atoms in total. The first-order chi connectivity index (χ1) is 7.09. The molecule has 0 aliphatic heterocycles. The Kier molecular flexibility index (Phi) is 2.70. The van der Waals surface area contributed by atoms with Crippen molar-refractivity contribution in [3.05, 3.63) is 29.8 Å². The average molecular weight is 204 g/mol. The van der Waals surface area contributed by atoms with Gasteiger partial charge in [0.25, 0.3) is 0 Å². The molecule has 1 aromatic rings. The fourth-order valence-corrected chi connectivity index (χ4v) is 2.20. The van der Waals surface area contributed by atoms with Crippen molar-refractivity contribution in [3.8, 4) is 0 Å². The Morgan fingerprint density at radius 1 is 1.27 bits per heavy atom. The van der Waals surface area contributed by atoms with Crippen molar-refractivity contribution >= 4 is 5.69 Å². The molecular formula is C13H20N2. The molecule has 1 aliphatic rings. The zero-order valence-corrected chi connectivity index (χ0v) is 9.77. The van der Waals surface area contributed by atoms with Crippen molar-refractivity contribution in [1.82, 2.24) is 0 Å². The van der Waals surface area contributed by atoms with E-state index in [2.05, 4.69) is 50.2 Å². The predicted octanol–water partition coefficient (Wildman–Crippen LogP) is 2.20. The molecule has 1 aliphatic carbocycles. The summed E-state index contributed by atoms with van der Waals surface area (Å²) in [7, 11) is 4.13. The van der Waals surface area contributed by atoms with Crippen LogP contribution in [0.15, 0.2) is 24.3 Å². The van der Waals surface area contributed by atoms with E-state index in [1.54, 1.807) is 0 Å². The Bertz CT molecular complexity index is 327. The van der Waals surface area contributed by atoms with E-state index in [1.807, 2.05) is 0 Å². The second kappa shape index (κ2) is 3.86. The highest BCUT2D eigenvalue weighted by atomic mass is 15.1. The van der Waals surface area contributed by atoms with Gasteiger partial charge in [-0.3, -0.25) is 0 Å². The van der Waals surface area contributed by atoms with Crippen LogP contribution in [-0.2, 0) is 0 Å². The van der Waals surface area contributed by atoms with Gasteiger partial charge in [-0.05, 0) is 42.9 Å². The third kappa shape index (κ3) is 2.15. The molecule has 1 aromatic carbocycles. The lowest BCUT2D eigenvalue weighted by molar-refractivity contribution is 0.631. The minimum atomic E-state index is 0.337. The molecule has 3 atom stereocenters. The summed E-state index contributed by atoms with van der Waals surface area (Å²) in [6, 6.07) is 9.19. The van der Waals surface area contributed by atoms with Gasteiger partial charge in [-0.25, -0.2) is 0 Å². The van der Waals surface area contributed by atoms with E-state index in [1.165, 1.54) is 17.7 Å². The number of nitrogens with zero attached hydrogens (tertiary/aromatic N) is 1. The Morgan fingerprint density at radius 2 is 1.87 bits per heavy atom. The van der Waals surface area contributed by atoms with Crippen molar-refractivity contribution in [3.63, 3.8) is 0 Å². The van der Waals surface area contributed by atoms with E-state index < -0.39 is 0 Å². The number of anilines is 1. The number of hydrogen-bond acceptors (Lipinski definition) is 2. The summed E-state index contributed by atoms with van der Waals surface area (Å²) >= 11 is 0. The van der Waals surface area contributed by atoms with Crippen LogP contribution in [0.25, 0.3) is 0 Å². The molecule has 1 fully saturated rings. The molecular weight excluding hydrogens is 184 g/mol. The van der Waals surface area contributed by atoms with Gasteiger partial charge < -0.3 is 10.6 Å². The highest BCUT2D eigenvalue weighted by molar-refractivity contribution is 5.47. The standard InChI is InChI=1S/C13H20N2/c1-9(14)12-8-13(12)10-4-6-11(7-5-10)15(2)3/h4-7,9,12-13H,8,14H2,1-3H3/t9-,12-,13-/m0/s1. The number of hydrogen-bond donors (Lipinski definition) is 1. The molecule has 2 N–H and O–H groups in total. The van der Waals surface area contributed by atoms with Crippen LogP contribution in [0.4, 0.5) is 5.69 Å². The monoisotopic (exact) mass is 204 g/mol. The maximum absolute atomic E-state index is 5.90. The topological polar surface area (TPSA) is 29.3 Å². The quantitative estimate of drug-likeness (QED) is 0.818. The fourth-order valence-electron chi connectivity index (χ4n) is 2.20. The summed E-state index contributed by atoms with van der Waals surface area (Å²) < 4.78 is 0. The first-order valence-electron chi connectivity index (χ1n) is 5.62. The minimum absolute atomic E-state index is 0.337. The summed E-state index contributed by atoms with van der Waals surface area (Å²) in [4.78, 5) is 2.12. The Hall–Kier alpha value is -1.02. The number of nitrogens with two attached hydrogens (primary N) is 1. The lowest BCUT2D eigenvalue weighted by Gasteiger charge is -2.12. The lowest BCUT2D eigenvalue weighted by atomic mass is 10.1. The van der Waals surface area contributed by atoms with E-state index in [0.29, 0.717) is 17.9 Å². The molecule has 1 saturated carbocycles. The zero-order valence-electron chi connectivity index (χ0n) is 9.77. The molecule has 82 valence electrons. The van der Waals surface area contributed by atoms with E-state index in [0.717, 1.165) is 0 Å². The normalized spacial score (nSPS) is 26.1. The molecule has 15 heavy (non-hydrogen) atoms. The van der Waals surface area contributed by atoms with Crippen molar-refractivity contribution in [2.45, 2.75) is 25.3 Å². The van der Waals surface area contributed by atoms with Crippen molar-refractivity contribution in [2.75, 3.05) is 19.0 Å². The van der Waals surface area contributed by atoms with E-state index in [4.69, 9.17) is 5.73 Å². The maximum atomic E-state index is 5.90. The third-order valence-electron chi connectivity index (χ3n) is 3.35. The van der Waals surface area contributed by atoms with Crippen LogP contribution in [0.5, 0.6) is 0 Å². The largest absolute Gasteiger partial charge is 0.378 e. The van der Waals surface area contributed by atoms with E-state index >= 15 is 0 Å². The summed E-state index contributed by atoms with van der Waals surface area (Å²) in [5.74, 6) is 1.41. The summed E-state index contributed by atoms with van der Waals surface area (Å²) in [6.45, 7) is 2.11. The highest BCUT2D eigenvalue weighted by Gasteiger charge is 2.40. The first kappa shape index (κ1) is 10.5. The number of benzene rings is 1. The fraction of sp³-hybridized carbons (Fsp3) is 0.538. The molecule has 0 aromatic heterocycles. The molecule has 0 heterocycles. The Morgan fingerprint density at radius 3 is 2.27 bits per heavy atom. The summed E-state index contributed by atoms with van der Waals surface area (Å²) in [5.41, 5.74) is 8.60. The van der Waals surface area contributed by atoms with Gasteiger partial charge in [0.2, 0.25) is 0 Å². The second-order valence-corrected chi connectivity index (χ2v) is 4.85. The van der Waals surface area contributed by atoms with Crippen LogP contribution in [-0.4, -0.2) is 20.1 Å². The van der Waals surface area contributed by atoms with Crippen molar-refractivity contribution in [2.24, 2.45) is 11.7 Å². The zero-order chi connectivity index (χ0) is 11.0. The van der Waals surface area contributed by atoms with Crippen LogP contribution in [0.3, 0.4) is 0 Å². The molecule has 0 unspecified atom stereocenters. The van der Waals surface area contributed by atoms with Gasteiger partial charge in [0, 0.05) is 25.8 Å². The molecule has 0 radical (unpaired) electrons. The van der Waals surface area contributed by atoms with Gasteiger partial charge >= 0.3 is 0 Å². The van der Waals surface area contributed by atoms with E-state index in [9.17, 15) is 0 Å². The summed E-state index contributed by atoms with van der Waals surface area (Å²) in [5, 5.41) is 0. The minimum Gasteiger partial charge on any atom is -0.378 e. The van der Waals surface area contributed by atoms with Crippen LogP contribution in [0, 0.1) is 5.92 Å². The molecule has 0 spiro atoms. The Labute approximate surface area is 92.1 Å². The van der Waals surface area contributed by atoms with Crippen LogP contribution >= 0.6 is 0 Å². The predicted molar refractivity (Wildman–Crippen MR) is 65.3 cm³/mol. The van der Waals surface area contributed by atoms with Crippen LogP contribution in [0.2, 0.25) is 0 Å². The van der Waals surface area contributed by atoms with Gasteiger partial charge in [0.05, 0.1) is 0 Å². The first-order valence-corrected chi connectivity index (χ1v) is 5.62. The Balaban J connectivity index is 2.06. The van der Waals surface area contributed by atoms with Gasteiger partial charge in [-0.1, -0.05) is 12.1 Å². The average Bonchev–Trinajstić information content (AvgIpc) is 2.97. The molecule has 0 amide bonds. The summed E-state index contributed by atoms with van der Waals surface area (Å²) in [6.07, 6.45) is 1.26. The SMILES string of the molecule is C[C@H](N)[C@@H]1C[C@H]1c1ccc(N(C)C)cc1. The van der Waals surface area contributed by atoms with Gasteiger partial charge in [0.1, 0.15) is 0 Å². The third-order valence-corrected chi connectivity index (χ3v) is 3.35. The maximum Gasteiger partial charge on any atom is 0.0361 e. The molecule has 2 rings (SSSR count). The van der Waals surface area contributed by atoms with Crippen molar-refractivity contribution in [1.29, 1.82) is 0 Å². The van der Waals surface area contributed by atoms with Crippen LogP contribution in [0.1, 0.15) is 24.8 Å². The highest BCUT2D eigenvalue weighted by Crippen LogP contribution is 2.49. The lowest BCUT2D eigenvalue weighted by Crippen LogP contribution is -2.17.